The normalized spacial score (nSPS) is 11.9. The lowest BCUT2D eigenvalue weighted by Gasteiger charge is -2.13. The molecule has 0 bridgehead atoms. The number of hydrogen-bond acceptors (Lipinski definition) is 3. The predicted octanol–water partition coefficient (Wildman–Crippen LogP) is 5.66. The van der Waals surface area contributed by atoms with Crippen LogP contribution in [-0.2, 0) is 13.0 Å². The van der Waals surface area contributed by atoms with Gasteiger partial charge in [-0.15, -0.1) is 13.2 Å². The molecule has 0 aliphatic carbocycles. The molecule has 0 radical (unpaired) electrons. The van der Waals surface area contributed by atoms with Gasteiger partial charge < -0.3 is 9.72 Å². The minimum Gasteiger partial charge on any atom is -0.406 e. The van der Waals surface area contributed by atoms with E-state index in [0.29, 0.717) is 23.9 Å². The van der Waals surface area contributed by atoms with Crippen molar-refractivity contribution in [3.8, 4) is 17.0 Å². The molecule has 0 amide bonds. The Kier molecular flexibility index (Phi) is 5.78. The van der Waals surface area contributed by atoms with Crippen molar-refractivity contribution in [3.63, 3.8) is 0 Å². The monoisotopic (exact) mass is 441 g/mol. The summed E-state index contributed by atoms with van der Waals surface area (Å²) in [4.78, 5) is 16.5. The third kappa shape index (κ3) is 4.69. The lowest BCUT2D eigenvalue weighted by molar-refractivity contribution is -0.274. The number of para-hydroxylation sites is 1. The molecule has 2 aromatic heterocycles. The first kappa shape index (κ1) is 21.7. The van der Waals surface area contributed by atoms with Crippen LogP contribution in [0.15, 0.2) is 65.7 Å². The summed E-state index contributed by atoms with van der Waals surface area (Å²) >= 11 is 0. The number of ether oxygens (including phenoxy) is 1. The van der Waals surface area contributed by atoms with E-state index >= 15 is 0 Å². The fourth-order valence-corrected chi connectivity index (χ4v) is 3.75. The highest BCUT2D eigenvalue weighted by molar-refractivity contribution is 5.83. The molecule has 166 valence electrons. The van der Waals surface area contributed by atoms with Crippen molar-refractivity contribution in [1.82, 2.24) is 14.8 Å². The van der Waals surface area contributed by atoms with Gasteiger partial charge in [0.05, 0.1) is 11.9 Å². The van der Waals surface area contributed by atoms with E-state index in [-0.39, 0.29) is 17.1 Å². The van der Waals surface area contributed by atoms with E-state index in [4.69, 9.17) is 0 Å². The van der Waals surface area contributed by atoms with Crippen LogP contribution in [0.3, 0.4) is 0 Å². The molecule has 1 N–H and O–H groups in total. The van der Waals surface area contributed by atoms with E-state index < -0.39 is 6.36 Å². The third-order valence-electron chi connectivity index (χ3n) is 5.23. The van der Waals surface area contributed by atoms with Gasteiger partial charge in [0.1, 0.15) is 5.75 Å². The van der Waals surface area contributed by atoms with Crippen LogP contribution in [0.4, 0.5) is 13.2 Å². The van der Waals surface area contributed by atoms with E-state index in [1.165, 1.54) is 12.1 Å². The Hall–Kier alpha value is -3.55. The maximum absolute atomic E-state index is 13.1. The van der Waals surface area contributed by atoms with Crippen LogP contribution in [-0.4, -0.2) is 21.1 Å². The molecule has 4 aromatic rings. The molecule has 0 fully saturated rings. The molecule has 0 saturated carbocycles. The standard InChI is InChI=1S/C24H22F3N3O2/c1-15(2)21-22(29-20-6-4-3-5-19(20)23(21)31)17-13-28-30(14-17)12-11-16-7-9-18(10-8-16)32-24(25,26)27/h3-10,13-15H,11-12H2,1-2H3,(H,29,31). The predicted molar refractivity (Wildman–Crippen MR) is 117 cm³/mol. The molecular formula is C24H22F3N3O2. The Morgan fingerprint density at radius 2 is 1.81 bits per heavy atom. The van der Waals surface area contributed by atoms with Crippen molar-refractivity contribution in [2.24, 2.45) is 0 Å². The summed E-state index contributed by atoms with van der Waals surface area (Å²) in [7, 11) is 0. The van der Waals surface area contributed by atoms with Gasteiger partial charge in [-0.1, -0.05) is 38.1 Å². The van der Waals surface area contributed by atoms with Crippen molar-refractivity contribution < 1.29 is 17.9 Å². The van der Waals surface area contributed by atoms with Crippen LogP contribution in [0.25, 0.3) is 22.2 Å². The van der Waals surface area contributed by atoms with Crippen LogP contribution in [0.5, 0.6) is 5.75 Å². The second-order valence-corrected chi connectivity index (χ2v) is 7.88. The van der Waals surface area contributed by atoms with Crippen LogP contribution >= 0.6 is 0 Å². The number of alkyl halides is 3. The van der Waals surface area contributed by atoms with E-state index in [2.05, 4.69) is 14.8 Å². The maximum Gasteiger partial charge on any atom is 0.573 e. The van der Waals surface area contributed by atoms with Gasteiger partial charge in [-0.25, -0.2) is 0 Å². The SMILES string of the molecule is CC(C)c1c(-c2cnn(CCc3ccc(OC(F)(F)F)cc3)c2)[nH]c2ccccc2c1=O. The van der Waals surface area contributed by atoms with E-state index in [1.807, 2.05) is 44.3 Å². The number of aromatic nitrogens is 3. The number of nitrogens with zero attached hydrogens (tertiary/aromatic N) is 2. The maximum atomic E-state index is 13.1. The molecule has 0 spiro atoms. The van der Waals surface area contributed by atoms with Gasteiger partial charge in [0.25, 0.3) is 0 Å². The minimum absolute atomic E-state index is 0.0123. The van der Waals surface area contributed by atoms with Gasteiger partial charge in [0.15, 0.2) is 5.43 Å². The zero-order chi connectivity index (χ0) is 22.9. The Labute approximate surface area is 182 Å². The van der Waals surface area contributed by atoms with Crippen LogP contribution in [0.2, 0.25) is 0 Å². The average molecular weight is 441 g/mol. The third-order valence-corrected chi connectivity index (χ3v) is 5.23. The van der Waals surface area contributed by atoms with Gasteiger partial charge in [-0.2, -0.15) is 5.10 Å². The number of aromatic amines is 1. The topological polar surface area (TPSA) is 59.9 Å². The molecule has 5 nitrogen and oxygen atoms in total. The van der Waals surface area contributed by atoms with Gasteiger partial charge >= 0.3 is 6.36 Å². The molecule has 4 rings (SSSR count). The first-order chi connectivity index (χ1) is 15.2. The van der Waals surface area contributed by atoms with Crippen molar-refractivity contribution in [3.05, 3.63) is 82.3 Å². The summed E-state index contributed by atoms with van der Waals surface area (Å²) in [6.45, 7) is 4.51. The highest BCUT2D eigenvalue weighted by Crippen LogP contribution is 2.27. The number of benzene rings is 2. The number of nitrogens with one attached hydrogen (secondary N) is 1. The van der Waals surface area contributed by atoms with Crippen molar-refractivity contribution in [2.45, 2.75) is 39.1 Å². The second-order valence-electron chi connectivity index (χ2n) is 7.88. The Morgan fingerprint density at radius 3 is 2.50 bits per heavy atom. The Balaban J connectivity index is 1.55. The van der Waals surface area contributed by atoms with Crippen LogP contribution in [0, 0.1) is 0 Å². The van der Waals surface area contributed by atoms with Crippen molar-refractivity contribution >= 4 is 10.9 Å². The summed E-state index contributed by atoms with van der Waals surface area (Å²) < 4.78 is 42.5. The Morgan fingerprint density at radius 1 is 1.09 bits per heavy atom. The lowest BCUT2D eigenvalue weighted by atomic mass is 9.96. The van der Waals surface area contributed by atoms with Crippen LogP contribution in [0.1, 0.15) is 30.9 Å². The summed E-state index contributed by atoms with van der Waals surface area (Å²) in [5.41, 5.74) is 3.92. The summed E-state index contributed by atoms with van der Waals surface area (Å²) in [5, 5.41) is 5.06. The summed E-state index contributed by atoms with van der Waals surface area (Å²) in [5.74, 6) is -0.219. The van der Waals surface area contributed by atoms with Gasteiger partial charge in [0.2, 0.25) is 0 Å². The molecule has 32 heavy (non-hydrogen) atoms. The van der Waals surface area contributed by atoms with E-state index in [9.17, 15) is 18.0 Å². The molecule has 0 aliphatic heterocycles. The van der Waals surface area contributed by atoms with Crippen LogP contribution < -0.4 is 10.2 Å². The van der Waals surface area contributed by atoms with Crippen molar-refractivity contribution in [2.75, 3.05) is 0 Å². The number of rotatable bonds is 6. The number of hydrogen-bond donors (Lipinski definition) is 1. The highest BCUT2D eigenvalue weighted by atomic mass is 19.4. The minimum atomic E-state index is -4.70. The van der Waals surface area contributed by atoms with E-state index in [0.717, 1.165) is 22.3 Å². The fraction of sp³-hybridized carbons (Fsp3) is 0.250. The second kappa shape index (κ2) is 8.53. The summed E-state index contributed by atoms with van der Waals surface area (Å²) in [6, 6.07) is 13.2. The highest BCUT2D eigenvalue weighted by Gasteiger charge is 2.30. The molecule has 2 heterocycles. The summed E-state index contributed by atoms with van der Waals surface area (Å²) in [6.07, 6.45) is -0.538. The fourth-order valence-electron chi connectivity index (χ4n) is 3.75. The molecular weight excluding hydrogens is 419 g/mol. The van der Waals surface area contributed by atoms with Crippen molar-refractivity contribution in [1.29, 1.82) is 0 Å². The first-order valence-corrected chi connectivity index (χ1v) is 10.2. The number of pyridine rings is 1. The molecule has 0 atom stereocenters. The van der Waals surface area contributed by atoms with Gasteiger partial charge in [-0.3, -0.25) is 9.48 Å². The zero-order valence-electron chi connectivity index (χ0n) is 17.6. The van der Waals surface area contributed by atoms with Gasteiger partial charge in [-0.05, 0) is 42.2 Å². The molecule has 2 aromatic carbocycles. The number of H-pyrrole nitrogens is 1. The molecule has 0 unspecified atom stereocenters. The quantitative estimate of drug-likeness (QED) is 0.420. The molecule has 0 aliphatic rings. The van der Waals surface area contributed by atoms with Gasteiger partial charge in [0, 0.05) is 34.8 Å². The molecule has 8 heteroatoms. The number of halogens is 3. The molecule has 0 saturated heterocycles. The first-order valence-electron chi connectivity index (χ1n) is 10.2. The number of aryl methyl sites for hydroxylation is 2. The Bertz CT molecular complexity index is 1290. The van der Waals surface area contributed by atoms with E-state index in [1.54, 1.807) is 23.0 Å². The lowest BCUT2D eigenvalue weighted by Crippen LogP contribution is -2.17. The number of fused-ring (bicyclic) bond motifs is 1. The largest absolute Gasteiger partial charge is 0.573 e. The smallest absolute Gasteiger partial charge is 0.406 e. The average Bonchev–Trinajstić information content (AvgIpc) is 3.21. The zero-order valence-corrected chi connectivity index (χ0v) is 17.6.